The van der Waals surface area contributed by atoms with Crippen LogP contribution in [0.4, 0.5) is 14.9 Å². The van der Waals surface area contributed by atoms with Gasteiger partial charge in [0, 0.05) is 17.7 Å². The lowest BCUT2D eigenvalue weighted by molar-refractivity contribution is 0.0349. The number of amides is 2. The number of ether oxygens (including phenoxy) is 2. The smallest absolute Gasteiger partial charge is 0.325 e. The Labute approximate surface area is 139 Å². The number of fused-ring (bicyclic) bond motifs is 4. The summed E-state index contributed by atoms with van der Waals surface area (Å²) in [5.41, 5.74) is 0.596. The van der Waals surface area contributed by atoms with Crippen LogP contribution in [-0.4, -0.2) is 18.9 Å². The molecule has 2 aromatic carbocycles. The molecule has 2 heterocycles. The Bertz CT molecular complexity index is 808. The highest BCUT2D eigenvalue weighted by molar-refractivity contribution is 5.95. The van der Waals surface area contributed by atoms with Gasteiger partial charge in [0.15, 0.2) is 17.2 Å². The first-order chi connectivity index (χ1) is 11.5. The van der Waals surface area contributed by atoms with Crippen molar-refractivity contribution in [3.8, 4) is 11.5 Å². The number of halogens is 1. The molecule has 2 aromatic rings. The van der Waals surface area contributed by atoms with E-state index in [1.165, 1.54) is 17.0 Å². The summed E-state index contributed by atoms with van der Waals surface area (Å²) in [6, 6.07) is 11.0. The lowest BCUT2D eigenvalue weighted by Gasteiger charge is -2.50. The fourth-order valence-electron chi connectivity index (χ4n) is 3.50. The van der Waals surface area contributed by atoms with E-state index in [9.17, 15) is 9.18 Å². The summed E-state index contributed by atoms with van der Waals surface area (Å²) in [5.74, 6) is 0.903. The Morgan fingerprint density at radius 1 is 1.29 bits per heavy atom. The molecule has 1 N–H and O–H groups in total. The number of carbonyl (C=O) groups excluding carboxylic acids is 1. The molecule has 2 aliphatic rings. The lowest BCUT2D eigenvalue weighted by atomic mass is 9.90. The van der Waals surface area contributed by atoms with E-state index in [4.69, 9.17) is 9.47 Å². The minimum atomic E-state index is -0.882. The molecule has 2 amide bonds. The Balaban J connectivity index is 1.81. The third-order valence-corrected chi connectivity index (χ3v) is 4.57. The molecule has 2 bridgehead atoms. The lowest BCUT2D eigenvalue weighted by Crippen LogP contribution is -2.65. The predicted molar refractivity (Wildman–Crippen MR) is 86.8 cm³/mol. The van der Waals surface area contributed by atoms with Gasteiger partial charge in [0.25, 0.3) is 0 Å². The number of para-hydroxylation sites is 1. The van der Waals surface area contributed by atoms with Crippen molar-refractivity contribution in [3.63, 3.8) is 0 Å². The summed E-state index contributed by atoms with van der Waals surface area (Å²) in [6.45, 7) is 1.86. The summed E-state index contributed by atoms with van der Waals surface area (Å²) in [7, 11) is 1.59. The third-order valence-electron chi connectivity index (χ3n) is 4.57. The van der Waals surface area contributed by atoms with E-state index in [1.54, 1.807) is 19.2 Å². The van der Waals surface area contributed by atoms with Gasteiger partial charge in [-0.15, -0.1) is 0 Å². The Hall–Kier alpha value is -2.76. The van der Waals surface area contributed by atoms with Crippen molar-refractivity contribution in [2.24, 2.45) is 0 Å². The largest absolute Gasteiger partial charge is 0.493 e. The second-order valence-electron chi connectivity index (χ2n) is 6.17. The number of carbonyl (C=O) groups is 1. The van der Waals surface area contributed by atoms with Crippen molar-refractivity contribution in [2.45, 2.75) is 25.1 Å². The quantitative estimate of drug-likeness (QED) is 0.916. The van der Waals surface area contributed by atoms with Crippen LogP contribution in [0.25, 0.3) is 0 Å². The second kappa shape index (κ2) is 5.12. The van der Waals surface area contributed by atoms with Gasteiger partial charge < -0.3 is 14.8 Å². The number of hydrogen-bond donors (Lipinski definition) is 1. The molecule has 5 nitrogen and oxygen atoms in total. The maximum absolute atomic E-state index is 13.2. The average Bonchev–Trinajstić information content (AvgIpc) is 2.55. The normalized spacial score (nSPS) is 24.7. The van der Waals surface area contributed by atoms with Crippen LogP contribution in [0.15, 0.2) is 42.5 Å². The number of rotatable bonds is 2. The number of hydrogen-bond acceptors (Lipinski definition) is 3. The Morgan fingerprint density at radius 3 is 2.75 bits per heavy atom. The van der Waals surface area contributed by atoms with Crippen molar-refractivity contribution >= 4 is 11.7 Å². The van der Waals surface area contributed by atoms with Gasteiger partial charge in [-0.2, -0.15) is 0 Å². The van der Waals surface area contributed by atoms with Crippen LogP contribution in [0.2, 0.25) is 0 Å². The molecular weight excluding hydrogens is 311 g/mol. The predicted octanol–water partition coefficient (Wildman–Crippen LogP) is 3.60. The van der Waals surface area contributed by atoms with Crippen LogP contribution < -0.4 is 19.7 Å². The molecule has 0 saturated carbocycles. The van der Waals surface area contributed by atoms with Gasteiger partial charge in [0.05, 0.1) is 13.2 Å². The first-order valence-corrected chi connectivity index (χ1v) is 7.74. The molecular formula is C18H17FN2O3. The fourth-order valence-corrected chi connectivity index (χ4v) is 3.50. The molecule has 2 aliphatic heterocycles. The van der Waals surface area contributed by atoms with E-state index in [1.807, 2.05) is 25.1 Å². The molecule has 0 aliphatic carbocycles. The Morgan fingerprint density at radius 2 is 2.04 bits per heavy atom. The van der Waals surface area contributed by atoms with Gasteiger partial charge in [0.2, 0.25) is 0 Å². The van der Waals surface area contributed by atoms with Gasteiger partial charge in [-0.1, -0.05) is 12.1 Å². The monoisotopic (exact) mass is 328 g/mol. The molecule has 1 fully saturated rings. The number of nitrogens with one attached hydrogen (secondary N) is 1. The van der Waals surface area contributed by atoms with Crippen LogP contribution >= 0.6 is 0 Å². The maximum Gasteiger partial charge on any atom is 0.325 e. The molecule has 0 aromatic heterocycles. The van der Waals surface area contributed by atoms with Gasteiger partial charge >= 0.3 is 6.03 Å². The molecule has 0 radical (unpaired) electrons. The van der Waals surface area contributed by atoms with Crippen LogP contribution in [0.1, 0.15) is 24.9 Å². The highest BCUT2D eigenvalue weighted by Crippen LogP contribution is 2.48. The highest BCUT2D eigenvalue weighted by atomic mass is 19.1. The topological polar surface area (TPSA) is 50.8 Å². The molecule has 124 valence electrons. The highest BCUT2D eigenvalue weighted by Gasteiger charge is 2.50. The Kier molecular flexibility index (Phi) is 3.16. The minimum absolute atomic E-state index is 0.155. The van der Waals surface area contributed by atoms with Crippen molar-refractivity contribution in [3.05, 3.63) is 53.8 Å². The zero-order chi connectivity index (χ0) is 16.9. The molecule has 4 rings (SSSR count). The van der Waals surface area contributed by atoms with Crippen molar-refractivity contribution < 1.29 is 18.7 Å². The van der Waals surface area contributed by atoms with Crippen molar-refractivity contribution in [2.75, 3.05) is 12.0 Å². The van der Waals surface area contributed by atoms with Crippen LogP contribution in [0.5, 0.6) is 11.5 Å². The number of urea groups is 1. The molecule has 1 saturated heterocycles. The van der Waals surface area contributed by atoms with E-state index < -0.39 is 5.72 Å². The van der Waals surface area contributed by atoms with Crippen LogP contribution in [0.3, 0.4) is 0 Å². The standard InChI is InChI=1S/C18H17FN2O3/c1-18-10-14(13-4-3-5-15(23-2)16(13)24-18)20-17(22)21(18)12-8-6-11(19)7-9-12/h3-9,14H,10H2,1-2H3,(H,20,22)/t14-,18+/m0/s1. The van der Waals surface area contributed by atoms with E-state index in [2.05, 4.69) is 5.32 Å². The summed E-state index contributed by atoms with van der Waals surface area (Å²) in [6.07, 6.45) is 0.580. The van der Waals surface area contributed by atoms with Gasteiger partial charge in [-0.3, -0.25) is 4.90 Å². The summed E-state index contributed by atoms with van der Waals surface area (Å²) < 4.78 is 24.9. The third kappa shape index (κ3) is 2.10. The van der Waals surface area contributed by atoms with E-state index >= 15 is 0 Å². The minimum Gasteiger partial charge on any atom is -0.493 e. The number of anilines is 1. The summed E-state index contributed by atoms with van der Waals surface area (Å²) >= 11 is 0. The number of benzene rings is 2. The first kappa shape index (κ1) is 14.8. The van der Waals surface area contributed by atoms with E-state index in [0.29, 0.717) is 23.6 Å². The van der Waals surface area contributed by atoms with Crippen LogP contribution in [0, 0.1) is 5.82 Å². The molecule has 2 atom stereocenters. The van der Waals surface area contributed by atoms with Gasteiger partial charge in [-0.05, 0) is 37.3 Å². The fraction of sp³-hybridized carbons (Fsp3) is 0.278. The van der Waals surface area contributed by atoms with Crippen molar-refractivity contribution in [1.29, 1.82) is 0 Å². The molecule has 6 heteroatoms. The molecule has 0 unspecified atom stereocenters. The average molecular weight is 328 g/mol. The summed E-state index contributed by atoms with van der Waals surface area (Å²) in [4.78, 5) is 14.2. The molecule has 0 spiro atoms. The zero-order valence-corrected chi connectivity index (χ0v) is 13.4. The van der Waals surface area contributed by atoms with Crippen LogP contribution in [-0.2, 0) is 0 Å². The van der Waals surface area contributed by atoms with Gasteiger partial charge in [0.1, 0.15) is 5.82 Å². The SMILES string of the molecule is COc1cccc2c1O[C@]1(C)C[C@@H]2NC(=O)N1c1ccc(F)cc1. The second-order valence-corrected chi connectivity index (χ2v) is 6.17. The summed E-state index contributed by atoms with van der Waals surface area (Å²) in [5, 5.41) is 3.00. The molecule has 24 heavy (non-hydrogen) atoms. The zero-order valence-electron chi connectivity index (χ0n) is 13.4. The first-order valence-electron chi connectivity index (χ1n) is 7.74. The van der Waals surface area contributed by atoms with E-state index in [0.717, 1.165) is 5.56 Å². The van der Waals surface area contributed by atoms with E-state index in [-0.39, 0.29) is 17.9 Å². The maximum atomic E-state index is 13.2. The number of nitrogens with zero attached hydrogens (tertiary/aromatic N) is 1. The van der Waals surface area contributed by atoms with Gasteiger partial charge in [-0.25, -0.2) is 9.18 Å². The van der Waals surface area contributed by atoms with Crippen molar-refractivity contribution in [1.82, 2.24) is 5.32 Å². The number of methoxy groups -OCH3 is 1.